The molecule has 0 spiro atoms. The average Bonchev–Trinajstić information content (AvgIpc) is 2.83. The monoisotopic (exact) mass is 246 g/mol. The van der Waals surface area contributed by atoms with Gasteiger partial charge in [-0.05, 0) is 19.9 Å². The highest BCUT2D eigenvalue weighted by atomic mass is 16.5. The van der Waals surface area contributed by atoms with E-state index < -0.39 is 0 Å². The topological polar surface area (TPSA) is 47.3 Å². The second-order valence-electron chi connectivity index (χ2n) is 4.22. The first-order valence-electron chi connectivity index (χ1n) is 5.98. The second kappa shape index (κ2) is 5.69. The highest BCUT2D eigenvalue weighted by Crippen LogP contribution is 2.19. The number of ether oxygens (including phenoxy) is 1. The number of para-hydroxylation sites is 1. The predicted molar refractivity (Wildman–Crippen MR) is 69.5 cm³/mol. The number of aryl methyl sites for hydroxylation is 1. The van der Waals surface area contributed by atoms with Gasteiger partial charge in [0.1, 0.15) is 11.5 Å². The van der Waals surface area contributed by atoms with Crippen molar-refractivity contribution in [2.24, 2.45) is 0 Å². The van der Waals surface area contributed by atoms with E-state index in [1.54, 1.807) is 13.3 Å². The lowest BCUT2D eigenvalue weighted by atomic mass is 10.2. The summed E-state index contributed by atoms with van der Waals surface area (Å²) in [6, 6.07) is 8.03. The minimum Gasteiger partial charge on any atom is -0.496 e. The first-order chi connectivity index (χ1) is 8.70. The summed E-state index contributed by atoms with van der Waals surface area (Å²) in [5.41, 5.74) is 1.12. The Morgan fingerprint density at radius 2 is 2.17 bits per heavy atom. The Kier molecular flexibility index (Phi) is 3.99. The van der Waals surface area contributed by atoms with Crippen LogP contribution in [-0.2, 0) is 6.54 Å². The van der Waals surface area contributed by atoms with Gasteiger partial charge in [-0.3, -0.25) is 0 Å². The molecule has 2 aromatic rings. The number of oxazole rings is 1. The van der Waals surface area contributed by atoms with Crippen molar-refractivity contribution in [1.29, 1.82) is 0 Å². The molecule has 1 aromatic heterocycles. The highest BCUT2D eigenvalue weighted by molar-refractivity contribution is 5.33. The Hall–Kier alpha value is -1.81. The summed E-state index contributed by atoms with van der Waals surface area (Å²) in [4.78, 5) is 4.21. The van der Waals surface area contributed by atoms with Gasteiger partial charge in [0.05, 0.1) is 19.3 Å². The van der Waals surface area contributed by atoms with Crippen molar-refractivity contribution in [2.75, 3.05) is 7.11 Å². The number of hydrogen-bond donors (Lipinski definition) is 1. The third kappa shape index (κ3) is 2.90. The van der Waals surface area contributed by atoms with Gasteiger partial charge in [0, 0.05) is 12.1 Å². The number of nitrogens with one attached hydrogen (secondary N) is 1. The number of benzene rings is 1. The van der Waals surface area contributed by atoms with Crippen molar-refractivity contribution >= 4 is 0 Å². The molecule has 1 N–H and O–H groups in total. The summed E-state index contributed by atoms with van der Waals surface area (Å²) in [7, 11) is 1.68. The molecule has 4 nitrogen and oxygen atoms in total. The molecule has 0 amide bonds. The van der Waals surface area contributed by atoms with Crippen molar-refractivity contribution in [3.05, 3.63) is 47.7 Å². The second-order valence-corrected chi connectivity index (χ2v) is 4.22. The standard InChI is InChI=1S/C14H18N2O2/c1-10-8-16-14(18-10)11(2)15-9-12-6-4-5-7-13(12)17-3/h4-8,11,15H,9H2,1-3H3. The van der Waals surface area contributed by atoms with Gasteiger partial charge in [0.15, 0.2) is 0 Å². The molecule has 4 heteroatoms. The number of hydrogen-bond acceptors (Lipinski definition) is 4. The normalized spacial score (nSPS) is 12.4. The zero-order chi connectivity index (χ0) is 13.0. The smallest absolute Gasteiger partial charge is 0.211 e. The Morgan fingerprint density at radius 3 is 2.83 bits per heavy atom. The largest absolute Gasteiger partial charge is 0.496 e. The molecule has 0 bridgehead atoms. The number of aromatic nitrogens is 1. The third-order valence-corrected chi connectivity index (χ3v) is 2.80. The van der Waals surface area contributed by atoms with Gasteiger partial charge in [0.2, 0.25) is 5.89 Å². The van der Waals surface area contributed by atoms with Gasteiger partial charge in [-0.25, -0.2) is 4.98 Å². The van der Waals surface area contributed by atoms with Crippen molar-refractivity contribution in [3.8, 4) is 5.75 Å². The maximum Gasteiger partial charge on any atom is 0.211 e. The van der Waals surface area contributed by atoms with Crippen LogP contribution in [0.2, 0.25) is 0 Å². The molecule has 0 saturated carbocycles. The van der Waals surface area contributed by atoms with E-state index >= 15 is 0 Å². The highest BCUT2D eigenvalue weighted by Gasteiger charge is 2.11. The van der Waals surface area contributed by atoms with Crippen molar-refractivity contribution in [1.82, 2.24) is 10.3 Å². The Bertz CT molecular complexity index is 508. The summed E-state index contributed by atoms with van der Waals surface area (Å²) < 4.78 is 10.8. The molecule has 2 rings (SSSR count). The van der Waals surface area contributed by atoms with E-state index in [0.29, 0.717) is 12.4 Å². The van der Waals surface area contributed by atoms with Crippen LogP contribution in [0.15, 0.2) is 34.9 Å². The maximum absolute atomic E-state index is 5.49. The van der Waals surface area contributed by atoms with E-state index in [9.17, 15) is 0 Å². The van der Waals surface area contributed by atoms with Crippen LogP contribution in [0.1, 0.15) is 30.2 Å². The van der Waals surface area contributed by atoms with E-state index in [1.165, 1.54) is 0 Å². The quantitative estimate of drug-likeness (QED) is 0.881. The number of methoxy groups -OCH3 is 1. The lowest BCUT2D eigenvalue weighted by molar-refractivity contribution is 0.389. The summed E-state index contributed by atoms with van der Waals surface area (Å²) in [6.07, 6.45) is 1.73. The molecule has 0 radical (unpaired) electrons. The van der Waals surface area contributed by atoms with E-state index in [0.717, 1.165) is 17.1 Å². The number of rotatable bonds is 5. The van der Waals surface area contributed by atoms with Crippen LogP contribution in [0.5, 0.6) is 5.75 Å². The van der Waals surface area contributed by atoms with Crippen LogP contribution in [-0.4, -0.2) is 12.1 Å². The molecule has 0 aliphatic heterocycles. The minimum atomic E-state index is 0.0728. The first-order valence-corrected chi connectivity index (χ1v) is 5.98. The first kappa shape index (κ1) is 12.6. The fourth-order valence-corrected chi connectivity index (χ4v) is 1.77. The molecule has 18 heavy (non-hydrogen) atoms. The molecule has 0 saturated heterocycles. The lowest BCUT2D eigenvalue weighted by Crippen LogP contribution is -2.18. The molecule has 0 aliphatic rings. The fourth-order valence-electron chi connectivity index (χ4n) is 1.77. The van der Waals surface area contributed by atoms with Crippen LogP contribution in [0.25, 0.3) is 0 Å². The minimum absolute atomic E-state index is 0.0728. The SMILES string of the molecule is COc1ccccc1CNC(C)c1ncc(C)o1. The van der Waals surface area contributed by atoms with Crippen LogP contribution in [0.4, 0.5) is 0 Å². The van der Waals surface area contributed by atoms with Crippen molar-refractivity contribution in [2.45, 2.75) is 26.4 Å². The molecule has 1 heterocycles. The van der Waals surface area contributed by atoms with E-state index in [-0.39, 0.29) is 6.04 Å². The van der Waals surface area contributed by atoms with Gasteiger partial charge in [-0.2, -0.15) is 0 Å². The Labute approximate surface area is 107 Å². The van der Waals surface area contributed by atoms with E-state index in [4.69, 9.17) is 9.15 Å². The molecule has 0 fully saturated rings. The van der Waals surface area contributed by atoms with Gasteiger partial charge in [0.25, 0.3) is 0 Å². The fraction of sp³-hybridized carbons (Fsp3) is 0.357. The lowest BCUT2D eigenvalue weighted by Gasteiger charge is -2.12. The van der Waals surface area contributed by atoms with Gasteiger partial charge in [-0.15, -0.1) is 0 Å². The molecule has 1 atom stereocenters. The summed E-state index contributed by atoms with van der Waals surface area (Å²) >= 11 is 0. The van der Waals surface area contributed by atoms with E-state index in [2.05, 4.69) is 10.3 Å². The van der Waals surface area contributed by atoms with Crippen LogP contribution >= 0.6 is 0 Å². The summed E-state index contributed by atoms with van der Waals surface area (Å²) in [6.45, 7) is 4.64. The molecule has 96 valence electrons. The van der Waals surface area contributed by atoms with Crippen LogP contribution < -0.4 is 10.1 Å². The molecule has 0 aliphatic carbocycles. The van der Waals surface area contributed by atoms with E-state index in [1.807, 2.05) is 38.1 Å². The van der Waals surface area contributed by atoms with Crippen LogP contribution in [0.3, 0.4) is 0 Å². The van der Waals surface area contributed by atoms with Gasteiger partial charge >= 0.3 is 0 Å². The summed E-state index contributed by atoms with van der Waals surface area (Å²) in [5.74, 6) is 2.43. The van der Waals surface area contributed by atoms with Gasteiger partial charge < -0.3 is 14.5 Å². The Morgan fingerprint density at radius 1 is 1.39 bits per heavy atom. The maximum atomic E-state index is 5.49. The van der Waals surface area contributed by atoms with Gasteiger partial charge in [-0.1, -0.05) is 18.2 Å². The molecular weight excluding hydrogens is 228 g/mol. The average molecular weight is 246 g/mol. The zero-order valence-electron chi connectivity index (χ0n) is 10.9. The summed E-state index contributed by atoms with van der Waals surface area (Å²) in [5, 5.41) is 3.37. The molecule has 1 unspecified atom stereocenters. The third-order valence-electron chi connectivity index (χ3n) is 2.80. The Balaban J connectivity index is 1.99. The van der Waals surface area contributed by atoms with Crippen molar-refractivity contribution < 1.29 is 9.15 Å². The zero-order valence-corrected chi connectivity index (χ0v) is 10.9. The van der Waals surface area contributed by atoms with Crippen LogP contribution in [0, 0.1) is 6.92 Å². The molecule has 1 aromatic carbocycles. The van der Waals surface area contributed by atoms with Crippen molar-refractivity contribution in [3.63, 3.8) is 0 Å². The molecular formula is C14H18N2O2. The predicted octanol–water partition coefficient (Wildman–Crippen LogP) is 2.84. The number of nitrogens with zero attached hydrogens (tertiary/aromatic N) is 1.